The lowest BCUT2D eigenvalue weighted by molar-refractivity contribution is -0.287. The van der Waals surface area contributed by atoms with Crippen molar-refractivity contribution in [2.75, 3.05) is 13.6 Å². The molecular formula is C60H80O18. The van der Waals surface area contributed by atoms with Gasteiger partial charge in [0.2, 0.25) is 13.6 Å². The molecule has 78 heavy (non-hydrogen) atoms. The Hall–Kier alpha value is -5.24. The molecule has 8 heterocycles. The van der Waals surface area contributed by atoms with Crippen molar-refractivity contribution in [3.05, 3.63) is 71.8 Å². The largest absolute Gasteiger partial charge is 0.462 e. The molecule has 2 aromatic carbocycles. The van der Waals surface area contributed by atoms with Gasteiger partial charge in [-0.25, -0.2) is 9.59 Å². The van der Waals surface area contributed by atoms with Crippen molar-refractivity contribution in [3.63, 3.8) is 0 Å². The summed E-state index contributed by atoms with van der Waals surface area (Å²) in [6, 6.07) is 12.3. The summed E-state index contributed by atoms with van der Waals surface area (Å²) in [5.41, 5.74) is 2.56. The van der Waals surface area contributed by atoms with Crippen molar-refractivity contribution < 1.29 is 86.2 Å². The van der Waals surface area contributed by atoms with Crippen LogP contribution in [0.2, 0.25) is 0 Å². The minimum absolute atomic E-state index is 0.276. The number of aliphatic hydroxyl groups is 2. The highest BCUT2D eigenvalue weighted by molar-refractivity contribution is 5.83. The molecule has 0 aliphatic carbocycles. The first-order valence-electron chi connectivity index (χ1n) is 28.7. The zero-order chi connectivity index (χ0) is 54.5. The van der Waals surface area contributed by atoms with Crippen LogP contribution in [0.1, 0.15) is 166 Å². The fourth-order valence-corrected chi connectivity index (χ4v) is 12.3. The van der Waals surface area contributed by atoms with Crippen molar-refractivity contribution in [1.82, 2.24) is 0 Å². The Labute approximate surface area is 457 Å². The van der Waals surface area contributed by atoms with Crippen LogP contribution < -0.4 is 18.9 Å². The molecule has 0 amide bonds. The van der Waals surface area contributed by atoms with Gasteiger partial charge in [-0.3, -0.25) is 9.59 Å². The summed E-state index contributed by atoms with van der Waals surface area (Å²) < 4.78 is 68.7. The number of carbonyl (C=O) groups excluding carboxylic acids is 4. The van der Waals surface area contributed by atoms with Gasteiger partial charge in [0.15, 0.2) is 34.6 Å². The van der Waals surface area contributed by atoms with E-state index in [1.165, 1.54) is 62.8 Å². The molecule has 0 saturated carbocycles. The molecule has 2 spiro atoms. The van der Waals surface area contributed by atoms with Crippen LogP contribution in [0.5, 0.6) is 23.0 Å². The number of unbranched alkanes of at least 4 members (excludes halogenated alkanes) is 10. The smallest absolute Gasteiger partial charge is 0.330 e. The van der Waals surface area contributed by atoms with Crippen LogP contribution in [0.3, 0.4) is 0 Å². The van der Waals surface area contributed by atoms with E-state index in [4.69, 9.17) is 56.8 Å². The quantitative estimate of drug-likeness (QED) is 0.0569. The van der Waals surface area contributed by atoms with Gasteiger partial charge in [-0.2, -0.15) is 0 Å². The molecule has 12 unspecified atom stereocenters. The molecule has 8 aliphatic rings. The number of aryl methyl sites for hydroxylation is 2. The molecule has 0 bridgehead atoms. The molecule has 8 aliphatic heterocycles. The molecular weight excluding hydrogens is 1010 g/mol. The number of benzene rings is 2. The average molecular weight is 1090 g/mol. The third-order valence-electron chi connectivity index (χ3n) is 15.8. The summed E-state index contributed by atoms with van der Waals surface area (Å²) in [4.78, 5) is 46.8. The molecule has 2 aromatic rings. The third-order valence-corrected chi connectivity index (χ3v) is 15.8. The van der Waals surface area contributed by atoms with Crippen LogP contribution >= 0.6 is 0 Å². The van der Waals surface area contributed by atoms with E-state index in [-0.39, 0.29) is 60.5 Å². The zero-order valence-corrected chi connectivity index (χ0v) is 45.4. The number of hydrogen-bond donors (Lipinski definition) is 2. The average Bonchev–Trinajstić information content (AvgIpc) is 4.33. The maximum Gasteiger partial charge on any atom is 0.330 e. The van der Waals surface area contributed by atoms with E-state index < -0.39 is 36.0 Å². The first-order chi connectivity index (χ1) is 37.7. The second-order valence-corrected chi connectivity index (χ2v) is 22.4. The van der Waals surface area contributed by atoms with Crippen LogP contribution in [-0.2, 0) is 69.9 Å². The Bertz CT molecular complexity index is 2410. The highest BCUT2D eigenvalue weighted by Crippen LogP contribution is 2.46. The van der Waals surface area contributed by atoms with Crippen molar-refractivity contribution in [3.8, 4) is 23.0 Å². The van der Waals surface area contributed by atoms with Gasteiger partial charge in [0.1, 0.15) is 36.6 Å². The van der Waals surface area contributed by atoms with Gasteiger partial charge in [-0.1, -0.05) is 69.9 Å². The Balaban J connectivity index is 0.000000190. The van der Waals surface area contributed by atoms with Crippen LogP contribution in [-0.4, -0.2) is 120 Å². The number of carbonyl (C=O) groups is 4. The molecule has 10 rings (SSSR count). The monoisotopic (exact) mass is 1090 g/mol. The highest BCUT2D eigenvalue weighted by Gasteiger charge is 2.55. The molecule has 0 radical (unpaired) electrons. The van der Waals surface area contributed by atoms with Crippen LogP contribution in [0, 0.1) is 0 Å². The van der Waals surface area contributed by atoms with Crippen molar-refractivity contribution in [1.29, 1.82) is 0 Å². The molecule has 18 nitrogen and oxygen atoms in total. The van der Waals surface area contributed by atoms with Gasteiger partial charge in [-0.05, 0) is 105 Å². The maximum atomic E-state index is 11.8. The molecule has 12 atom stereocenters. The van der Waals surface area contributed by atoms with E-state index in [0.717, 1.165) is 93.6 Å². The van der Waals surface area contributed by atoms with Gasteiger partial charge in [0.05, 0.1) is 24.4 Å². The minimum atomic E-state index is -0.992. The Morgan fingerprint density at radius 3 is 1.64 bits per heavy atom. The molecule has 18 heteroatoms. The number of aliphatic hydroxyl groups excluding tert-OH is 2. The van der Waals surface area contributed by atoms with E-state index in [1.54, 1.807) is 12.2 Å². The number of esters is 4. The van der Waals surface area contributed by atoms with Crippen molar-refractivity contribution >= 4 is 23.9 Å². The van der Waals surface area contributed by atoms with E-state index >= 15 is 0 Å². The summed E-state index contributed by atoms with van der Waals surface area (Å²) >= 11 is 0. The van der Waals surface area contributed by atoms with Crippen molar-refractivity contribution in [2.24, 2.45) is 0 Å². The van der Waals surface area contributed by atoms with E-state index in [2.05, 4.69) is 24.3 Å². The molecule has 428 valence electrons. The van der Waals surface area contributed by atoms with Crippen LogP contribution in [0.4, 0.5) is 0 Å². The van der Waals surface area contributed by atoms with Gasteiger partial charge in [0, 0.05) is 64.5 Å². The fourth-order valence-electron chi connectivity index (χ4n) is 12.3. The lowest BCUT2D eigenvalue weighted by Crippen LogP contribution is -2.48. The summed E-state index contributed by atoms with van der Waals surface area (Å²) in [6.07, 6.45) is 22.5. The summed E-state index contributed by atoms with van der Waals surface area (Å²) in [6.45, 7) is 3.43. The lowest BCUT2D eigenvalue weighted by atomic mass is 9.91. The maximum absolute atomic E-state index is 11.8. The highest BCUT2D eigenvalue weighted by atomic mass is 16.7. The second kappa shape index (κ2) is 27.3. The molecule has 2 N–H and O–H groups in total. The normalized spacial score (nSPS) is 29.7. The Morgan fingerprint density at radius 2 is 1.09 bits per heavy atom. The number of rotatable bonds is 24. The van der Waals surface area contributed by atoms with Gasteiger partial charge < -0.3 is 67.1 Å². The number of hydrogen-bond acceptors (Lipinski definition) is 18. The number of fused-ring (bicyclic) bond motifs is 4. The Kier molecular flexibility index (Phi) is 20.1. The molecule has 0 aromatic heterocycles. The first-order valence-corrected chi connectivity index (χ1v) is 28.7. The van der Waals surface area contributed by atoms with E-state index in [1.807, 2.05) is 12.1 Å². The van der Waals surface area contributed by atoms with Gasteiger partial charge in [-0.15, -0.1) is 0 Å². The van der Waals surface area contributed by atoms with Crippen LogP contribution in [0.25, 0.3) is 0 Å². The Morgan fingerprint density at radius 1 is 0.590 bits per heavy atom. The summed E-state index contributed by atoms with van der Waals surface area (Å²) in [7, 11) is 0. The minimum Gasteiger partial charge on any atom is -0.462 e. The topological polar surface area (TPSA) is 219 Å². The standard InChI is InChI=1S/2C30H40O9/c1-20(31)36-23(9-7-5-3-2-4-6-8-21-10-11-25-27(14-21)35-19-34-25)16-24-15-22(32)17-30(38-24)18-28-26(39-30)12-13-29(33)37-28;1-20(31)36-24-16-23(38-30(17-24)18-28-26(39-30)12-13-29(33)37-28)15-22(32)9-7-5-3-2-4-6-8-21-10-11-25-27(14-21)35-19-34-25/h2*10-14,22-24,26,28,32H,2-9,15-19H2,1H3. The van der Waals surface area contributed by atoms with Gasteiger partial charge in [0.25, 0.3) is 0 Å². The predicted molar refractivity (Wildman–Crippen MR) is 280 cm³/mol. The van der Waals surface area contributed by atoms with Crippen molar-refractivity contribution in [2.45, 2.75) is 241 Å². The van der Waals surface area contributed by atoms with Crippen LogP contribution in [0.15, 0.2) is 60.7 Å². The van der Waals surface area contributed by atoms with Gasteiger partial charge >= 0.3 is 23.9 Å². The lowest BCUT2D eigenvalue weighted by Gasteiger charge is -2.41. The third kappa shape index (κ3) is 16.4. The molecule has 4 fully saturated rings. The summed E-state index contributed by atoms with van der Waals surface area (Å²) in [5.74, 6) is -0.0801. The molecule has 4 saturated heterocycles. The summed E-state index contributed by atoms with van der Waals surface area (Å²) in [5, 5.41) is 21.4. The van der Waals surface area contributed by atoms with E-state index in [0.29, 0.717) is 71.4 Å². The zero-order valence-electron chi connectivity index (χ0n) is 45.4. The van der Waals surface area contributed by atoms with E-state index in [9.17, 15) is 29.4 Å². The fraction of sp³-hybridized carbons (Fsp3) is 0.667. The SMILES string of the molecule is CC(=O)OC(CCCCCCCCc1ccc2c(c1)OCO2)CC1CC(O)CC2(CC3OC(=O)C=CC3O2)O1.CC(=O)OC1CC(CC(O)CCCCCCCCc2ccc3c(c2)OCO3)OC2(C1)CC1OC(=O)C=CC1O2. The predicted octanol–water partition coefficient (Wildman–Crippen LogP) is 9.03. The first kappa shape index (κ1) is 57.4. The second-order valence-electron chi connectivity index (χ2n) is 22.4. The number of ether oxygens (including phenoxy) is 12.